The average Bonchev–Trinajstić information content (AvgIpc) is 3.07. The van der Waals surface area contributed by atoms with Crippen molar-refractivity contribution in [1.82, 2.24) is 0 Å². The molecular formula is C16H30O3. The predicted molar refractivity (Wildman–Crippen MR) is 79.0 cm³/mol. The summed E-state index contributed by atoms with van der Waals surface area (Å²) in [5, 5.41) is 0. The van der Waals surface area contributed by atoms with E-state index in [0.717, 1.165) is 24.3 Å². The molecule has 0 atom stereocenters. The molecule has 0 amide bonds. The average molecular weight is 270 g/mol. The summed E-state index contributed by atoms with van der Waals surface area (Å²) in [7, 11) is 0. The molecule has 0 aromatic carbocycles. The molecule has 2 fully saturated rings. The molecule has 2 aliphatic rings. The van der Waals surface area contributed by atoms with E-state index < -0.39 is 0 Å². The molecule has 3 nitrogen and oxygen atoms in total. The van der Waals surface area contributed by atoms with E-state index in [9.17, 15) is 4.79 Å². The third-order valence-corrected chi connectivity index (χ3v) is 4.08. The van der Waals surface area contributed by atoms with Crippen molar-refractivity contribution >= 4 is 5.97 Å². The van der Waals surface area contributed by atoms with Crippen LogP contribution in [-0.4, -0.2) is 18.1 Å². The fraction of sp³-hybridized carbons (Fsp3) is 0.812. The van der Waals surface area contributed by atoms with Crippen molar-refractivity contribution in [1.29, 1.82) is 0 Å². The number of carbonyl (C=O) groups is 1. The zero-order valence-electron chi connectivity index (χ0n) is 12.3. The van der Waals surface area contributed by atoms with Crippen LogP contribution in [-0.2, 0) is 9.53 Å². The molecule has 0 spiro atoms. The van der Waals surface area contributed by atoms with Crippen molar-refractivity contribution < 1.29 is 15.0 Å². The normalized spacial score (nSPS) is 19.2. The first-order valence-corrected chi connectivity index (χ1v) is 7.57. The molecular weight excluding hydrogens is 240 g/mol. The van der Waals surface area contributed by atoms with Crippen molar-refractivity contribution in [3.8, 4) is 0 Å². The SMILES string of the molecule is C1CCC(C2CCCC2)C1.C=CC(=O)OCCC.O. The van der Waals surface area contributed by atoms with Gasteiger partial charge in [-0.3, -0.25) is 0 Å². The van der Waals surface area contributed by atoms with Crippen LogP contribution in [0.25, 0.3) is 0 Å². The lowest BCUT2D eigenvalue weighted by Gasteiger charge is -2.16. The highest BCUT2D eigenvalue weighted by Gasteiger charge is 2.26. The topological polar surface area (TPSA) is 57.8 Å². The van der Waals surface area contributed by atoms with Crippen LogP contribution in [0.2, 0.25) is 0 Å². The van der Waals surface area contributed by atoms with E-state index in [2.05, 4.69) is 11.3 Å². The summed E-state index contributed by atoms with van der Waals surface area (Å²) in [4.78, 5) is 10.2. The van der Waals surface area contributed by atoms with Gasteiger partial charge in [-0.2, -0.15) is 0 Å². The minimum atomic E-state index is -0.341. The van der Waals surface area contributed by atoms with Crippen molar-refractivity contribution in [2.75, 3.05) is 6.61 Å². The van der Waals surface area contributed by atoms with Gasteiger partial charge in [-0.1, -0.05) is 64.9 Å². The van der Waals surface area contributed by atoms with Gasteiger partial charge in [0.2, 0.25) is 0 Å². The van der Waals surface area contributed by atoms with E-state index in [4.69, 9.17) is 0 Å². The van der Waals surface area contributed by atoms with Crippen molar-refractivity contribution in [2.45, 2.75) is 64.7 Å². The first-order valence-electron chi connectivity index (χ1n) is 7.57. The highest BCUT2D eigenvalue weighted by atomic mass is 16.5. The molecule has 0 aromatic heterocycles. The first kappa shape index (κ1) is 18.2. The van der Waals surface area contributed by atoms with Crippen LogP contribution in [0.1, 0.15) is 64.7 Å². The van der Waals surface area contributed by atoms with Gasteiger partial charge in [0.1, 0.15) is 0 Å². The number of ether oxygens (including phenoxy) is 1. The maximum Gasteiger partial charge on any atom is 0.330 e. The molecule has 0 unspecified atom stereocenters. The monoisotopic (exact) mass is 270 g/mol. The fourth-order valence-corrected chi connectivity index (χ4v) is 3.12. The molecule has 0 aliphatic heterocycles. The van der Waals surface area contributed by atoms with E-state index in [1.54, 1.807) is 25.7 Å². The Morgan fingerprint density at radius 1 is 1.11 bits per heavy atom. The molecule has 2 rings (SSSR count). The Balaban J connectivity index is 0.000000335. The second-order valence-electron chi connectivity index (χ2n) is 5.46. The molecule has 0 saturated heterocycles. The summed E-state index contributed by atoms with van der Waals surface area (Å²) >= 11 is 0. The van der Waals surface area contributed by atoms with Crippen LogP contribution in [0.5, 0.6) is 0 Å². The molecule has 0 aromatic rings. The van der Waals surface area contributed by atoms with Crippen LogP contribution < -0.4 is 0 Å². The second kappa shape index (κ2) is 11.0. The quantitative estimate of drug-likeness (QED) is 0.578. The minimum Gasteiger partial charge on any atom is -0.463 e. The summed E-state index contributed by atoms with van der Waals surface area (Å²) in [5.74, 6) is 1.97. The molecule has 3 heteroatoms. The van der Waals surface area contributed by atoms with E-state index in [1.807, 2.05) is 6.92 Å². The third kappa shape index (κ3) is 7.36. The first-order chi connectivity index (χ1) is 8.77. The van der Waals surface area contributed by atoms with Gasteiger partial charge >= 0.3 is 5.97 Å². The Hall–Kier alpha value is -0.830. The molecule has 0 radical (unpaired) electrons. The maximum absolute atomic E-state index is 10.2. The Morgan fingerprint density at radius 2 is 1.53 bits per heavy atom. The Morgan fingerprint density at radius 3 is 1.84 bits per heavy atom. The summed E-state index contributed by atoms with van der Waals surface area (Å²) in [6.45, 7) is 5.67. The van der Waals surface area contributed by atoms with Crippen molar-refractivity contribution in [3.63, 3.8) is 0 Å². The fourth-order valence-electron chi connectivity index (χ4n) is 3.12. The van der Waals surface area contributed by atoms with E-state index in [-0.39, 0.29) is 11.4 Å². The standard InChI is InChI=1S/C10H18.C6H10O2.H2O/c1-2-6-9(5-1)10-7-3-4-8-10;1-3-5-8-6(7)4-2;/h9-10H,1-8H2;4H,2-3,5H2,1H3;1H2. The number of rotatable bonds is 4. The van der Waals surface area contributed by atoms with Gasteiger partial charge in [0, 0.05) is 6.08 Å². The zero-order valence-corrected chi connectivity index (χ0v) is 12.3. The summed E-state index contributed by atoms with van der Waals surface area (Å²) < 4.78 is 4.58. The predicted octanol–water partition coefficient (Wildman–Crippen LogP) is 3.67. The molecule has 112 valence electrons. The second-order valence-corrected chi connectivity index (χ2v) is 5.46. The highest BCUT2D eigenvalue weighted by molar-refractivity contribution is 5.81. The largest absolute Gasteiger partial charge is 0.463 e. The van der Waals surface area contributed by atoms with Crippen LogP contribution in [0.4, 0.5) is 0 Å². The Bertz CT molecular complexity index is 224. The Kier molecular flexibility index (Phi) is 10.6. The summed E-state index contributed by atoms with van der Waals surface area (Å²) in [6, 6.07) is 0. The molecule has 2 N–H and O–H groups in total. The Labute approximate surface area is 117 Å². The van der Waals surface area contributed by atoms with Crippen molar-refractivity contribution in [2.24, 2.45) is 11.8 Å². The van der Waals surface area contributed by atoms with Crippen molar-refractivity contribution in [3.05, 3.63) is 12.7 Å². The van der Waals surface area contributed by atoms with Gasteiger partial charge in [-0.05, 0) is 18.3 Å². The van der Waals surface area contributed by atoms with Crippen LogP contribution in [0.3, 0.4) is 0 Å². The lowest BCUT2D eigenvalue weighted by atomic mass is 9.90. The minimum absolute atomic E-state index is 0. The molecule has 2 aliphatic carbocycles. The molecule has 0 heterocycles. The van der Waals surface area contributed by atoms with Crippen LogP contribution in [0.15, 0.2) is 12.7 Å². The molecule has 19 heavy (non-hydrogen) atoms. The number of esters is 1. The van der Waals surface area contributed by atoms with Crippen LogP contribution in [0, 0.1) is 11.8 Å². The molecule has 2 saturated carbocycles. The summed E-state index contributed by atoms with van der Waals surface area (Å²) in [6.07, 6.45) is 14.4. The van der Waals surface area contributed by atoms with Crippen LogP contribution >= 0.6 is 0 Å². The lowest BCUT2D eigenvalue weighted by molar-refractivity contribution is -0.137. The number of hydrogen-bond acceptors (Lipinski definition) is 2. The smallest absolute Gasteiger partial charge is 0.330 e. The summed E-state index contributed by atoms with van der Waals surface area (Å²) in [5.41, 5.74) is 0. The molecule has 0 bridgehead atoms. The number of carbonyl (C=O) groups excluding carboxylic acids is 1. The van der Waals surface area contributed by atoms with Gasteiger partial charge in [-0.25, -0.2) is 4.79 Å². The lowest BCUT2D eigenvalue weighted by Crippen LogP contribution is -2.06. The van der Waals surface area contributed by atoms with Gasteiger partial charge in [-0.15, -0.1) is 0 Å². The maximum atomic E-state index is 10.2. The van der Waals surface area contributed by atoms with E-state index >= 15 is 0 Å². The number of hydrogen-bond donors (Lipinski definition) is 0. The van der Waals surface area contributed by atoms with Gasteiger partial charge in [0.15, 0.2) is 0 Å². The highest BCUT2D eigenvalue weighted by Crippen LogP contribution is 2.39. The van der Waals surface area contributed by atoms with Gasteiger partial charge in [0.25, 0.3) is 0 Å². The van der Waals surface area contributed by atoms with Gasteiger partial charge in [0.05, 0.1) is 6.61 Å². The third-order valence-electron chi connectivity index (χ3n) is 4.08. The zero-order chi connectivity index (χ0) is 13.2. The van der Waals surface area contributed by atoms with E-state index in [0.29, 0.717) is 6.61 Å². The van der Waals surface area contributed by atoms with E-state index in [1.165, 1.54) is 25.7 Å². The van der Waals surface area contributed by atoms with Gasteiger partial charge < -0.3 is 10.2 Å².